The predicted molar refractivity (Wildman–Crippen MR) is 120 cm³/mol. The van der Waals surface area contributed by atoms with Crippen LogP contribution in [0.2, 0.25) is 0 Å². The van der Waals surface area contributed by atoms with E-state index in [0.29, 0.717) is 18.0 Å². The normalized spacial score (nSPS) is 14.3. The van der Waals surface area contributed by atoms with Gasteiger partial charge in [0.1, 0.15) is 0 Å². The number of methoxy groups -OCH3 is 1. The molecular weight excluding hydrogens is 378 g/mol. The molecule has 0 aromatic heterocycles. The molecule has 1 amide bonds. The Bertz CT molecular complexity index is 861. The average molecular weight is 410 g/mol. The van der Waals surface area contributed by atoms with Crippen LogP contribution in [0.4, 0.5) is 5.69 Å². The minimum atomic E-state index is -0.166. The number of para-hydroxylation sites is 1. The number of amides is 1. The van der Waals surface area contributed by atoms with Crippen molar-refractivity contribution in [3.05, 3.63) is 66.2 Å². The molecule has 1 fully saturated rings. The van der Waals surface area contributed by atoms with E-state index in [1.165, 1.54) is 5.69 Å². The maximum Gasteiger partial charge on any atom is 0.258 e. The largest absolute Gasteiger partial charge is 0.493 e. The van der Waals surface area contributed by atoms with Crippen LogP contribution in [0.3, 0.4) is 0 Å². The number of piperazine rings is 1. The van der Waals surface area contributed by atoms with Crippen LogP contribution in [0.1, 0.15) is 11.1 Å². The lowest BCUT2D eigenvalue weighted by atomic mass is 10.1. The molecule has 0 aliphatic carbocycles. The number of hydrogen-bond donors (Lipinski definition) is 1. The molecule has 0 unspecified atom stereocenters. The van der Waals surface area contributed by atoms with Crippen LogP contribution >= 0.6 is 0 Å². The topological polar surface area (TPSA) is 54.0 Å². The van der Waals surface area contributed by atoms with Gasteiger partial charge in [-0.05, 0) is 42.8 Å². The molecule has 1 aliphatic heterocycles. The lowest BCUT2D eigenvalue weighted by Crippen LogP contribution is -2.45. The molecule has 1 N–H and O–H groups in total. The SMILES string of the molecule is C=CCc1ccc(OCC(=O)NCc2ccccc2N2CCN(C)CC2)c(OC)c1. The second-order valence-corrected chi connectivity index (χ2v) is 7.46. The number of rotatable bonds is 9. The molecule has 2 aromatic carbocycles. The van der Waals surface area contributed by atoms with E-state index in [2.05, 4.69) is 40.9 Å². The van der Waals surface area contributed by atoms with Crippen LogP contribution in [-0.2, 0) is 17.8 Å². The van der Waals surface area contributed by atoms with E-state index in [1.54, 1.807) is 7.11 Å². The Morgan fingerprint density at radius 1 is 1.13 bits per heavy atom. The van der Waals surface area contributed by atoms with E-state index in [1.807, 2.05) is 36.4 Å². The number of nitrogens with one attached hydrogen (secondary N) is 1. The van der Waals surface area contributed by atoms with Gasteiger partial charge in [0.2, 0.25) is 0 Å². The van der Waals surface area contributed by atoms with Crippen molar-refractivity contribution in [2.75, 3.05) is 51.8 Å². The van der Waals surface area contributed by atoms with Crippen molar-refractivity contribution in [2.24, 2.45) is 0 Å². The highest BCUT2D eigenvalue weighted by molar-refractivity contribution is 5.77. The van der Waals surface area contributed by atoms with Crippen molar-refractivity contribution in [2.45, 2.75) is 13.0 Å². The summed E-state index contributed by atoms with van der Waals surface area (Å²) in [7, 11) is 3.74. The van der Waals surface area contributed by atoms with Gasteiger partial charge >= 0.3 is 0 Å². The molecule has 6 heteroatoms. The van der Waals surface area contributed by atoms with E-state index in [9.17, 15) is 4.79 Å². The van der Waals surface area contributed by atoms with E-state index in [4.69, 9.17) is 9.47 Å². The molecule has 1 saturated heterocycles. The van der Waals surface area contributed by atoms with Gasteiger partial charge in [0, 0.05) is 38.4 Å². The maximum atomic E-state index is 12.4. The molecule has 0 spiro atoms. The summed E-state index contributed by atoms with van der Waals surface area (Å²) in [4.78, 5) is 17.1. The molecular formula is C24H31N3O3. The van der Waals surface area contributed by atoms with Crippen LogP contribution in [0.25, 0.3) is 0 Å². The lowest BCUT2D eigenvalue weighted by molar-refractivity contribution is -0.123. The fourth-order valence-electron chi connectivity index (χ4n) is 3.53. The molecule has 160 valence electrons. The third-order valence-electron chi connectivity index (χ3n) is 5.28. The van der Waals surface area contributed by atoms with E-state index >= 15 is 0 Å². The van der Waals surface area contributed by atoms with Gasteiger partial charge in [0.25, 0.3) is 5.91 Å². The van der Waals surface area contributed by atoms with Gasteiger partial charge in [-0.2, -0.15) is 0 Å². The zero-order valence-corrected chi connectivity index (χ0v) is 17.9. The van der Waals surface area contributed by atoms with Crippen molar-refractivity contribution in [1.82, 2.24) is 10.2 Å². The molecule has 1 aliphatic rings. The standard InChI is InChI=1S/C24H31N3O3/c1-4-7-19-10-11-22(23(16-19)29-3)30-18-24(28)25-17-20-8-5-6-9-21(20)27-14-12-26(2)13-15-27/h4-6,8-11,16H,1,7,12-15,17-18H2,2-3H3,(H,25,28). The van der Waals surface area contributed by atoms with Crippen molar-refractivity contribution in [3.8, 4) is 11.5 Å². The zero-order valence-electron chi connectivity index (χ0n) is 17.9. The Labute approximate surface area is 179 Å². The lowest BCUT2D eigenvalue weighted by Gasteiger charge is -2.35. The Morgan fingerprint density at radius 2 is 1.90 bits per heavy atom. The van der Waals surface area contributed by atoms with E-state index < -0.39 is 0 Å². The van der Waals surface area contributed by atoms with Crippen LogP contribution in [-0.4, -0.2) is 57.8 Å². The zero-order chi connectivity index (χ0) is 21.3. The van der Waals surface area contributed by atoms with E-state index in [-0.39, 0.29) is 12.5 Å². The Morgan fingerprint density at radius 3 is 2.63 bits per heavy atom. The molecule has 2 aromatic rings. The van der Waals surface area contributed by atoms with Crippen molar-refractivity contribution in [3.63, 3.8) is 0 Å². The summed E-state index contributed by atoms with van der Waals surface area (Å²) < 4.78 is 11.1. The van der Waals surface area contributed by atoms with Gasteiger partial charge in [0.15, 0.2) is 18.1 Å². The quantitative estimate of drug-likeness (QED) is 0.646. The summed E-state index contributed by atoms with van der Waals surface area (Å²) in [5.41, 5.74) is 3.38. The summed E-state index contributed by atoms with van der Waals surface area (Å²) in [6.07, 6.45) is 2.59. The second kappa shape index (κ2) is 10.7. The summed E-state index contributed by atoms with van der Waals surface area (Å²) in [6.45, 7) is 8.23. The summed E-state index contributed by atoms with van der Waals surface area (Å²) in [5, 5.41) is 2.97. The maximum absolute atomic E-state index is 12.4. The first-order chi connectivity index (χ1) is 14.6. The first-order valence-corrected chi connectivity index (χ1v) is 10.3. The number of benzene rings is 2. The smallest absolute Gasteiger partial charge is 0.258 e. The third kappa shape index (κ3) is 5.76. The average Bonchev–Trinajstić information content (AvgIpc) is 2.77. The molecule has 0 bridgehead atoms. The molecule has 0 saturated carbocycles. The Hall–Kier alpha value is -2.99. The highest BCUT2D eigenvalue weighted by Crippen LogP contribution is 2.28. The molecule has 0 radical (unpaired) electrons. The molecule has 30 heavy (non-hydrogen) atoms. The van der Waals surface area contributed by atoms with Crippen molar-refractivity contribution in [1.29, 1.82) is 0 Å². The van der Waals surface area contributed by atoms with Crippen LogP contribution < -0.4 is 19.7 Å². The number of allylic oxidation sites excluding steroid dienone is 1. The predicted octanol–water partition coefficient (Wildman–Crippen LogP) is 2.87. The summed E-state index contributed by atoms with van der Waals surface area (Å²) >= 11 is 0. The minimum absolute atomic E-state index is 0.0617. The number of anilines is 1. The van der Waals surface area contributed by atoms with Gasteiger partial charge in [-0.25, -0.2) is 0 Å². The van der Waals surface area contributed by atoms with Gasteiger partial charge < -0.3 is 24.6 Å². The molecule has 6 nitrogen and oxygen atoms in total. The fraction of sp³-hybridized carbons (Fsp3) is 0.375. The number of nitrogens with zero attached hydrogens (tertiary/aromatic N) is 2. The van der Waals surface area contributed by atoms with Gasteiger partial charge in [-0.1, -0.05) is 30.3 Å². The highest BCUT2D eigenvalue weighted by atomic mass is 16.5. The number of likely N-dealkylation sites (N-methyl/N-ethyl adjacent to an activating group) is 1. The fourth-order valence-corrected chi connectivity index (χ4v) is 3.53. The summed E-state index contributed by atoms with van der Waals surface area (Å²) in [6, 6.07) is 13.9. The van der Waals surface area contributed by atoms with Gasteiger partial charge in [-0.15, -0.1) is 6.58 Å². The number of carbonyl (C=O) groups is 1. The highest BCUT2D eigenvalue weighted by Gasteiger charge is 2.17. The molecule has 3 rings (SSSR count). The number of carbonyl (C=O) groups excluding carboxylic acids is 1. The number of hydrogen-bond acceptors (Lipinski definition) is 5. The van der Waals surface area contributed by atoms with Gasteiger partial charge in [0.05, 0.1) is 7.11 Å². The molecule has 0 atom stereocenters. The van der Waals surface area contributed by atoms with Crippen molar-refractivity contribution >= 4 is 11.6 Å². The molecule has 1 heterocycles. The van der Waals surface area contributed by atoms with E-state index in [0.717, 1.165) is 43.7 Å². The van der Waals surface area contributed by atoms with Gasteiger partial charge in [-0.3, -0.25) is 4.79 Å². The first-order valence-electron chi connectivity index (χ1n) is 10.3. The second-order valence-electron chi connectivity index (χ2n) is 7.46. The minimum Gasteiger partial charge on any atom is -0.493 e. The third-order valence-corrected chi connectivity index (χ3v) is 5.28. The van der Waals surface area contributed by atoms with Crippen LogP contribution in [0, 0.1) is 0 Å². The first kappa shape index (κ1) is 21.7. The summed E-state index contributed by atoms with van der Waals surface area (Å²) in [5.74, 6) is 1.00. The Kier molecular flexibility index (Phi) is 7.74. The van der Waals surface area contributed by atoms with Crippen LogP contribution in [0.5, 0.6) is 11.5 Å². The monoisotopic (exact) mass is 409 g/mol. The number of ether oxygens (including phenoxy) is 2. The Balaban J connectivity index is 1.55. The van der Waals surface area contributed by atoms with Crippen LogP contribution in [0.15, 0.2) is 55.1 Å². The van der Waals surface area contributed by atoms with Crippen molar-refractivity contribution < 1.29 is 14.3 Å².